The highest BCUT2D eigenvalue weighted by Crippen LogP contribution is 2.20. The number of likely N-dealkylation sites (tertiary alicyclic amines) is 1. The van der Waals surface area contributed by atoms with E-state index in [9.17, 15) is 19.5 Å². The van der Waals surface area contributed by atoms with Crippen LogP contribution in [0.2, 0.25) is 0 Å². The number of amides is 2. The van der Waals surface area contributed by atoms with Gasteiger partial charge >= 0.3 is 12.1 Å². The summed E-state index contributed by atoms with van der Waals surface area (Å²) in [5.41, 5.74) is -0.658. The standard InChI is InChI=1S/C15H26N2O5S/c1-15(2,3)22-14(21)16-10(7-9-23-4)12(18)17-8-5-6-11(17)13(19)20/h10-11H,5-9H2,1-4H3,(H,16,21)(H,19,20)/t10-,11?/m1/s1. The van der Waals surface area contributed by atoms with E-state index in [2.05, 4.69) is 5.32 Å². The molecular weight excluding hydrogens is 320 g/mol. The van der Waals surface area contributed by atoms with Crippen LogP contribution in [0.1, 0.15) is 40.0 Å². The van der Waals surface area contributed by atoms with Gasteiger partial charge < -0.3 is 20.1 Å². The summed E-state index contributed by atoms with van der Waals surface area (Å²) in [6.45, 7) is 5.63. The zero-order valence-corrected chi connectivity index (χ0v) is 14.9. The maximum atomic E-state index is 12.7. The molecule has 1 rings (SSSR count). The minimum Gasteiger partial charge on any atom is -0.480 e. The molecular formula is C15H26N2O5S. The van der Waals surface area contributed by atoms with Gasteiger partial charge in [-0.3, -0.25) is 4.79 Å². The fourth-order valence-electron chi connectivity index (χ4n) is 2.43. The van der Waals surface area contributed by atoms with Crippen molar-refractivity contribution in [3.63, 3.8) is 0 Å². The number of hydrogen-bond acceptors (Lipinski definition) is 5. The number of nitrogens with zero attached hydrogens (tertiary/aromatic N) is 1. The number of hydrogen-bond donors (Lipinski definition) is 2. The SMILES string of the molecule is CSCC[C@@H](NC(=O)OC(C)(C)C)C(=O)N1CCCC1C(=O)O. The third-order valence-corrected chi connectivity index (χ3v) is 4.06. The minimum atomic E-state index is -1.00. The Labute approximate surface area is 141 Å². The first kappa shape index (κ1) is 19.6. The predicted molar refractivity (Wildman–Crippen MR) is 88.5 cm³/mol. The van der Waals surface area contributed by atoms with Gasteiger partial charge in [-0.1, -0.05) is 0 Å². The summed E-state index contributed by atoms with van der Waals surface area (Å²) in [6, 6.07) is -1.57. The van der Waals surface area contributed by atoms with E-state index < -0.39 is 29.7 Å². The van der Waals surface area contributed by atoms with Crippen molar-refractivity contribution in [1.82, 2.24) is 10.2 Å². The smallest absolute Gasteiger partial charge is 0.408 e. The fourth-order valence-corrected chi connectivity index (χ4v) is 2.90. The van der Waals surface area contributed by atoms with Crippen molar-refractivity contribution in [2.75, 3.05) is 18.6 Å². The molecule has 0 aliphatic carbocycles. The van der Waals surface area contributed by atoms with Crippen LogP contribution >= 0.6 is 11.8 Å². The zero-order valence-electron chi connectivity index (χ0n) is 14.1. The third kappa shape index (κ3) is 6.29. The second-order valence-corrected chi connectivity index (χ2v) is 7.49. The number of thioether (sulfide) groups is 1. The Morgan fingerprint density at radius 3 is 2.57 bits per heavy atom. The molecule has 1 unspecified atom stereocenters. The van der Waals surface area contributed by atoms with Crippen molar-refractivity contribution >= 4 is 29.7 Å². The van der Waals surface area contributed by atoms with E-state index in [1.807, 2.05) is 6.26 Å². The van der Waals surface area contributed by atoms with Gasteiger partial charge in [0.15, 0.2) is 0 Å². The molecule has 0 radical (unpaired) electrons. The lowest BCUT2D eigenvalue weighted by Crippen LogP contribution is -2.52. The Bertz CT molecular complexity index is 450. The van der Waals surface area contributed by atoms with Gasteiger partial charge in [-0.05, 0) is 52.0 Å². The van der Waals surface area contributed by atoms with Crippen LogP contribution in [0.5, 0.6) is 0 Å². The van der Waals surface area contributed by atoms with Gasteiger partial charge in [0.1, 0.15) is 17.7 Å². The number of nitrogens with one attached hydrogen (secondary N) is 1. The average Bonchev–Trinajstić information content (AvgIpc) is 2.90. The fraction of sp³-hybridized carbons (Fsp3) is 0.800. The van der Waals surface area contributed by atoms with Crippen molar-refractivity contribution in [2.24, 2.45) is 0 Å². The van der Waals surface area contributed by atoms with Gasteiger partial charge in [0.05, 0.1) is 0 Å². The summed E-state index contributed by atoms with van der Waals surface area (Å²) < 4.78 is 5.19. The van der Waals surface area contributed by atoms with Crippen LogP contribution in [0, 0.1) is 0 Å². The van der Waals surface area contributed by atoms with Crippen LogP contribution in [0.4, 0.5) is 4.79 Å². The van der Waals surface area contributed by atoms with Gasteiger partial charge in [-0.15, -0.1) is 0 Å². The average molecular weight is 346 g/mol. The van der Waals surface area contributed by atoms with E-state index in [0.717, 1.165) is 0 Å². The van der Waals surface area contributed by atoms with Crippen molar-refractivity contribution in [3.8, 4) is 0 Å². The van der Waals surface area contributed by atoms with E-state index in [4.69, 9.17) is 4.74 Å². The summed E-state index contributed by atoms with van der Waals surface area (Å²) in [4.78, 5) is 37.2. The van der Waals surface area contributed by atoms with Gasteiger partial charge in [0, 0.05) is 6.54 Å². The largest absolute Gasteiger partial charge is 0.480 e. The summed E-state index contributed by atoms with van der Waals surface area (Å²) in [5.74, 6) is -0.677. The molecule has 0 aromatic heterocycles. The Hall–Kier alpha value is -1.44. The number of carbonyl (C=O) groups is 3. The third-order valence-electron chi connectivity index (χ3n) is 3.42. The highest BCUT2D eigenvalue weighted by Gasteiger charge is 2.37. The first-order chi connectivity index (χ1) is 10.7. The molecule has 1 saturated heterocycles. The molecule has 8 heteroatoms. The van der Waals surface area contributed by atoms with Crippen LogP contribution < -0.4 is 5.32 Å². The molecule has 0 saturated carbocycles. The molecule has 1 aliphatic heterocycles. The number of carboxylic acids is 1. The summed E-state index contributed by atoms with van der Waals surface area (Å²) in [5, 5.41) is 11.8. The molecule has 2 amide bonds. The number of carbonyl (C=O) groups excluding carboxylic acids is 2. The molecule has 1 aliphatic rings. The van der Waals surface area contributed by atoms with E-state index >= 15 is 0 Å². The lowest BCUT2D eigenvalue weighted by atomic mass is 10.1. The number of ether oxygens (including phenoxy) is 1. The first-order valence-electron chi connectivity index (χ1n) is 7.67. The molecule has 0 bridgehead atoms. The molecule has 0 spiro atoms. The van der Waals surface area contributed by atoms with Crippen molar-refractivity contribution in [1.29, 1.82) is 0 Å². The van der Waals surface area contributed by atoms with Crippen LogP contribution in [-0.2, 0) is 14.3 Å². The van der Waals surface area contributed by atoms with Crippen LogP contribution in [-0.4, -0.2) is 64.2 Å². The van der Waals surface area contributed by atoms with Gasteiger partial charge in [-0.25, -0.2) is 9.59 Å². The normalized spacial score (nSPS) is 19.3. The molecule has 7 nitrogen and oxygen atoms in total. The first-order valence-corrected chi connectivity index (χ1v) is 9.07. The van der Waals surface area contributed by atoms with E-state index in [-0.39, 0.29) is 5.91 Å². The highest BCUT2D eigenvalue weighted by atomic mass is 32.2. The zero-order chi connectivity index (χ0) is 17.6. The molecule has 0 aromatic rings. The number of carboxylic acid groups (broad SMARTS) is 1. The Balaban J connectivity index is 2.78. The van der Waals surface area contributed by atoms with E-state index in [0.29, 0.717) is 31.6 Å². The minimum absolute atomic E-state index is 0.352. The van der Waals surface area contributed by atoms with Crippen LogP contribution in [0.25, 0.3) is 0 Å². The molecule has 0 aromatic carbocycles. The molecule has 132 valence electrons. The molecule has 1 fully saturated rings. The van der Waals surface area contributed by atoms with Crippen LogP contribution in [0.15, 0.2) is 0 Å². The lowest BCUT2D eigenvalue weighted by Gasteiger charge is -2.28. The highest BCUT2D eigenvalue weighted by molar-refractivity contribution is 7.98. The quantitative estimate of drug-likeness (QED) is 0.760. The van der Waals surface area contributed by atoms with Gasteiger partial charge in [-0.2, -0.15) is 11.8 Å². The molecule has 2 atom stereocenters. The maximum absolute atomic E-state index is 12.7. The van der Waals surface area contributed by atoms with Crippen molar-refractivity contribution in [3.05, 3.63) is 0 Å². The summed E-state index contributed by atoms with van der Waals surface area (Å²) >= 11 is 1.56. The maximum Gasteiger partial charge on any atom is 0.408 e. The summed E-state index contributed by atoms with van der Waals surface area (Å²) in [6.07, 6.45) is 2.78. The predicted octanol–water partition coefficient (Wildman–Crippen LogP) is 1.71. The topological polar surface area (TPSA) is 95.9 Å². The van der Waals surface area contributed by atoms with E-state index in [1.54, 1.807) is 32.5 Å². The summed E-state index contributed by atoms with van der Waals surface area (Å²) in [7, 11) is 0. The monoisotopic (exact) mass is 346 g/mol. The molecule has 23 heavy (non-hydrogen) atoms. The lowest BCUT2D eigenvalue weighted by molar-refractivity contribution is -0.149. The second kappa shape index (κ2) is 8.42. The molecule has 1 heterocycles. The number of alkyl carbamates (subject to hydrolysis) is 1. The van der Waals surface area contributed by atoms with Crippen LogP contribution in [0.3, 0.4) is 0 Å². The Morgan fingerprint density at radius 1 is 1.39 bits per heavy atom. The Kier molecular flexibility index (Phi) is 7.18. The second-order valence-electron chi connectivity index (χ2n) is 6.51. The van der Waals surface area contributed by atoms with Crippen molar-refractivity contribution < 1.29 is 24.2 Å². The van der Waals surface area contributed by atoms with Gasteiger partial charge in [0.25, 0.3) is 0 Å². The number of aliphatic carboxylic acids is 1. The van der Waals surface area contributed by atoms with Crippen molar-refractivity contribution in [2.45, 2.75) is 57.7 Å². The Morgan fingerprint density at radius 2 is 2.04 bits per heavy atom. The number of rotatable bonds is 6. The van der Waals surface area contributed by atoms with E-state index in [1.165, 1.54) is 4.90 Å². The molecule has 2 N–H and O–H groups in total. The van der Waals surface area contributed by atoms with Gasteiger partial charge in [0.2, 0.25) is 5.91 Å².